The van der Waals surface area contributed by atoms with Crippen LogP contribution >= 0.6 is 0 Å². The summed E-state index contributed by atoms with van der Waals surface area (Å²) in [5, 5.41) is 2.77. The van der Waals surface area contributed by atoms with Crippen molar-refractivity contribution in [3.63, 3.8) is 0 Å². The Balaban J connectivity index is 3.70. The van der Waals surface area contributed by atoms with Gasteiger partial charge < -0.3 is 15.8 Å². The maximum absolute atomic E-state index is 11.5. The molecule has 4 heteroatoms. The van der Waals surface area contributed by atoms with Crippen molar-refractivity contribution in [3.05, 3.63) is 12.8 Å². The third-order valence-electron chi connectivity index (χ3n) is 2.07. The van der Waals surface area contributed by atoms with Crippen LogP contribution in [-0.2, 0) is 9.53 Å². The first-order valence-electron chi connectivity index (χ1n) is 5.15. The van der Waals surface area contributed by atoms with Gasteiger partial charge in [-0.25, -0.2) is 0 Å². The van der Waals surface area contributed by atoms with Gasteiger partial charge in [-0.15, -0.1) is 0 Å². The van der Waals surface area contributed by atoms with Crippen LogP contribution in [0.5, 0.6) is 0 Å². The lowest BCUT2D eigenvalue weighted by Crippen LogP contribution is -2.48. The lowest BCUT2D eigenvalue weighted by atomic mass is 9.87. The topological polar surface area (TPSA) is 64.3 Å². The highest BCUT2D eigenvalue weighted by molar-refractivity contribution is 5.82. The number of rotatable bonds is 6. The highest BCUT2D eigenvalue weighted by atomic mass is 16.5. The fourth-order valence-electron chi connectivity index (χ4n) is 0.954. The number of nitrogens with one attached hydrogen (secondary N) is 1. The van der Waals surface area contributed by atoms with Gasteiger partial charge in [-0.1, -0.05) is 27.4 Å². The Bertz CT molecular complexity index is 209. The molecule has 0 heterocycles. The molecule has 0 fully saturated rings. The second kappa shape index (κ2) is 6.45. The van der Waals surface area contributed by atoms with Crippen LogP contribution in [0.1, 0.15) is 27.2 Å². The van der Waals surface area contributed by atoms with Crippen LogP contribution in [0.25, 0.3) is 0 Å². The third-order valence-corrected chi connectivity index (χ3v) is 2.07. The molecule has 1 atom stereocenters. The first-order valence-corrected chi connectivity index (χ1v) is 5.15. The van der Waals surface area contributed by atoms with E-state index in [0.29, 0.717) is 13.2 Å². The number of nitrogens with two attached hydrogens (primary N) is 1. The summed E-state index contributed by atoms with van der Waals surface area (Å²) in [6, 6.07) is -0.474. The van der Waals surface area contributed by atoms with Crippen LogP contribution in [0.3, 0.4) is 0 Å². The largest absolute Gasteiger partial charge is 0.502 e. The zero-order chi connectivity index (χ0) is 11.9. The smallest absolute Gasteiger partial charge is 0.237 e. The van der Waals surface area contributed by atoms with Crippen molar-refractivity contribution < 1.29 is 9.53 Å². The van der Waals surface area contributed by atoms with Gasteiger partial charge in [0.1, 0.15) is 0 Å². The standard InChI is InChI=1S/C11H22N2O2/c1-5-15-8-6-7-13-10(14)9(12)11(2,3)4/h5,9H,1,6-8,12H2,2-4H3,(H,13,14)/t9-/m1/s1. The molecule has 0 aliphatic heterocycles. The van der Waals surface area contributed by atoms with Crippen LogP contribution < -0.4 is 11.1 Å². The van der Waals surface area contributed by atoms with Gasteiger partial charge in [-0.2, -0.15) is 0 Å². The van der Waals surface area contributed by atoms with E-state index in [0.717, 1.165) is 6.42 Å². The van der Waals surface area contributed by atoms with E-state index >= 15 is 0 Å². The maximum atomic E-state index is 11.5. The highest BCUT2D eigenvalue weighted by Gasteiger charge is 2.26. The minimum Gasteiger partial charge on any atom is -0.502 e. The second-order valence-electron chi connectivity index (χ2n) is 4.53. The first kappa shape index (κ1) is 14.0. The summed E-state index contributed by atoms with van der Waals surface area (Å²) in [5.41, 5.74) is 5.57. The lowest BCUT2D eigenvalue weighted by molar-refractivity contribution is -0.124. The molecule has 0 aliphatic rings. The Labute approximate surface area is 91.9 Å². The Hall–Kier alpha value is -1.03. The molecule has 0 saturated carbocycles. The van der Waals surface area contributed by atoms with Crippen LogP contribution in [0.15, 0.2) is 12.8 Å². The molecule has 0 saturated heterocycles. The fourth-order valence-corrected chi connectivity index (χ4v) is 0.954. The van der Waals surface area contributed by atoms with Crippen molar-refractivity contribution in [2.45, 2.75) is 33.2 Å². The zero-order valence-electron chi connectivity index (χ0n) is 9.88. The molecule has 88 valence electrons. The summed E-state index contributed by atoms with van der Waals surface area (Å²) in [7, 11) is 0. The molecule has 0 aromatic heterocycles. The Kier molecular flexibility index (Phi) is 6.01. The highest BCUT2D eigenvalue weighted by Crippen LogP contribution is 2.16. The molecule has 0 rings (SSSR count). The predicted molar refractivity (Wildman–Crippen MR) is 61.2 cm³/mol. The van der Waals surface area contributed by atoms with Crippen molar-refractivity contribution in [2.24, 2.45) is 11.1 Å². The molecule has 3 N–H and O–H groups in total. The van der Waals surface area contributed by atoms with Crippen LogP contribution in [0.2, 0.25) is 0 Å². The Morgan fingerprint density at radius 1 is 1.60 bits per heavy atom. The molecule has 4 nitrogen and oxygen atoms in total. The van der Waals surface area contributed by atoms with Crippen molar-refractivity contribution in [1.82, 2.24) is 5.32 Å². The predicted octanol–water partition coefficient (Wildman–Crippen LogP) is 1.03. The molecular formula is C11H22N2O2. The van der Waals surface area contributed by atoms with Gasteiger partial charge in [0.15, 0.2) is 0 Å². The average Bonchev–Trinajstić information content (AvgIpc) is 2.14. The van der Waals surface area contributed by atoms with Crippen LogP contribution in [-0.4, -0.2) is 25.1 Å². The summed E-state index contributed by atoms with van der Waals surface area (Å²) in [4.78, 5) is 11.5. The lowest BCUT2D eigenvalue weighted by Gasteiger charge is -2.25. The molecule has 0 aromatic rings. The SMILES string of the molecule is C=COCCCNC(=O)[C@@H](N)C(C)(C)C. The summed E-state index contributed by atoms with van der Waals surface area (Å²) in [6.07, 6.45) is 2.15. The second-order valence-corrected chi connectivity index (χ2v) is 4.53. The van der Waals surface area contributed by atoms with Crippen LogP contribution in [0, 0.1) is 5.41 Å². The van der Waals surface area contributed by atoms with Crippen LogP contribution in [0.4, 0.5) is 0 Å². The van der Waals surface area contributed by atoms with Gasteiger partial charge in [0.2, 0.25) is 5.91 Å². The van der Waals surface area contributed by atoms with Gasteiger partial charge in [-0.3, -0.25) is 4.79 Å². The van der Waals surface area contributed by atoms with Gasteiger partial charge in [0.25, 0.3) is 0 Å². The van der Waals surface area contributed by atoms with E-state index in [4.69, 9.17) is 10.5 Å². The molecule has 0 unspecified atom stereocenters. The average molecular weight is 214 g/mol. The Morgan fingerprint density at radius 3 is 2.67 bits per heavy atom. The van der Waals surface area contributed by atoms with E-state index in [1.807, 2.05) is 20.8 Å². The molecular weight excluding hydrogens is 192 g/mol. The van der Waals surface area contributed by atoms with E-state index in [9.17, 15) is 4.79 Å². The fraction of sp³-hybridized carbons (Fsp3) is 0.727. The maximum Gasteiger partial charge on any atom is 0.237 e. The number of ether oxygens (including phenoxy) is 1. The number of amides is 1. The number of hydrogen-bond donors (Lipinski definition) is 2. The summed E-state index contributed by atoms with van der Waals surface area (Å²) in [5.74, 6) is -0.110. The molecule has 15 heavy (non-hydrogen) atoms. The van der Waals surface area contributed by atoms with E-state index in [1.165, 1.54) is 6.26 Å². The van der Waals surface area contributed by atoms with E-state index in [1.54, 1.807) is 0 Å². The molecule has 0 aromatic carbocycles. The number of carbonyl (C=O) groups is 1. The van der Waals surface area contributed by atoms with Crippen molar-refractivity contribution >= 4 is 5.91 Å². The van der Waals surface area contributed by atoms with Gasteiger partial charge >= 0.3 is 0 Å². The summed E-state index contributed by atoms with van der Waals surface area (Å²) < 4.78 is 4.92. The minimum absolute atomic E-state index is 0.110. The van der Waals surface area contributed by atoms with E-state index in [2.05, 4.69) is 11.9 Å². The van der Waals surface area contributed by atoms with E-state index < -0.39 is 6.04 Å². The number of carbonyl (C=O) groups excluding carboxylic acids is 1. The molecule has 0 bridgehead atoms. The summed E-state index contributed by atoms with van der Waals surface area (Å²) >= 11 is 0. The zero-order valence-corrected chi connectivity index (χ0v) is 9.88. The molecule has 0 spiro atoms. The van der Waals surface area contributed by atoms with Crippen molar-refractivity contribution in [2.75, 3.05) is 13.2 Å². The monoisotopic (exact) mass is 214 g/mol. The quantitative estimate of drug-likeness (QED) is 0.512. The molecule has 0 radical (unpaired) electrons. The van der Waals surface area contributed by atoms with E-state index in [-0.39, 0.29) is 11.3 Å². The molecule has 0 aliphatic carbocycles. The van der Waals surface area contributed by atoms with Gasteiger partial charge in [0.05, 0.1) is 18.9 Å². The summed E-state index contributed by atoms with van der Waals surface area (Å²) in [6.45, 7) is 10.4. The Morgan fingerprint density at radius 2 is 2.20 bits per heavy atom. The molecule has 1 amide bonds. The van der Waals surface area contributed by atoms with Crippen molar-refractivity contribution in [1.29, 1.82) is 0 Å². The van der Waals surface area contributed by atoms with Gasteiger partial charge in [0, 0.05) is 6.54 Å². The minimum atomic E-state index is -0.474. The number of hydrogen-bond acceptors (Lipinski definition) is 3. The van der Waals surface area contributed by atoms with Gasteiger partial charge in [-0.05, 0) is 11.8 Å². The van der Waals surface area contributed by atoms with Crippen molar-refractivity contribution in [3.8, 4) is 0 Å². The first-order chi connectivity index (χ1) is 6.89. The third kappa shape index (κ3) is 6.12. The normalized spacial score (nSPS) is 13.1.